The van der Waals surface area contributed by atoms with Crippen LogP contribution in [-0.2, 0) is 20.2 Å². The lowest BCUT2D eigenvalue weighted by Gasteiger charge is -2.32. The van der Waals surface area contributed by atoms with E-state index >= 15 is 0 Å². The molecule has 0 saturated heterocycles. The van der Waals surface area contributed by atoms with Gasteiger partial charge < -0.3 is 8.37 Å². The first kappa shape index (κ1) is 44.1. The lowest BCUT2D eigenvalue weighted by atomic mass is 10.1. The van der Waals surface area contributed by atoms with E-state index in [-0.39, 0.29) is 12.1 Å². The van der Waals surface area contributed by atoms with Crippen molar-refractivity contribution in [1.82, 2.24) is 15.0 Å². The van der Waals surface area contributed by atoms with Gasteiger partial charge in [0.1, 0.15) is 11.5 Å². The molecule has 3 aromatic rings. The molecule has 0 N–H and O–H groups in total. The van der Waals surface area contributed by atoms with E-state index in [4.69, 9.17) is 0 Å². The fraction of sp³-hybridized carbons (Fsp3) is 0.400. The predicted octanol–water partition coefficient (Wildman–Crippen LogP) is 8.09. The van der Waals surface area contributed by atoms with Gasteiger partial charge >= 0.3 is 66.8 Å². The Bertz CT molecular complexity index is 1990. The second-order valence-electron chi connectivity index (χ2n) is 10.5. The zero-order valence-corrected chi connectivity index (χ0v) is 27.1. The Kier molecular flexibility index (Phi) is 10.8. The van der Waals surface area contributed by atoms with Crippen molar-refractivity contribution in [3.63, 3.8) is 0 Å². The molecule has 3 heterocycles. The number of pyridine rings is 3. The first-order valence-electron chi connectivity index (χ1n) is 13.1. The zero-order chi connectivity index (χ0) is 42.1. The molecule has 29 heteroatoms. The summed E-state index contributed by atoms with van der Waals surface area (Å²) in [7, 11) is -14.8. The van der Waals surface area contributed by atoms with Gasteiger partial charge in [0.2, 0.25) is 0 Å². The van der Waals surface area contributed by atoms with Crippen LogP contribution in [0.5, 0.6) is 11.5 Å². The molecule has 0 bridgehead atoms. The number of halogens is 18. The van der Waals surface area contributed by atoms with E-state index in [1.807, 2.05) is 0 Å². The summed E-state index contributed by atoms with van der Waals surface area (Å²) in [4.78, 5) is 11.4. The minimum atomic E-state index is -7.65. The largest absolute Gasteiger partial charge is 0.460 e. The second-order valence-corrected chi connectivity index (χ2v) is 13.6. The minimum absolute atomic E-state index is 0.288. The van der Waals surface area contributed by atoms with Crippen LogP contribution in [0.3, 0.4) is 0 Å². The van der Waals surface area contributed by atoms with E-state index in [0.29, 0.717) is 12.1 Å². The number of aryl methyl sites for hydroxylation is 2. The van der Waals surface area contributed by atoms with Gasteiger partial charge in [0.05, 0.1) is 22.8 Å². The van der Waals surface area contributed by atoms with Crippen molar-refractivity contribution in [3.05, 3.63) is 53.9 Å². The standard InChI is InChI=1S/C25H13F18N3O6S2/c1-10-6-12(51-53(47,48)24(40,41)20(30,31)18(26,27)22(34,35)36)8-16(44-10)14-4-3-5-15(46-14)17-9-13(7-11(2)45-17)52-54(49,50)25(42,43)21(32,33)19(28,29)23(37,38)39/h3-9H,1-2H3. The van der Waals surface area contributed by atoms with Gasteiger partial charge in [-0.25, -0.2) is 4.98 Å². The Balaban J connectivity index is 2.03. The Hall–Kier alpha value is -4.31. The Labute approximate surface area is 288 Å². The van der Waals surface area contributed by atoms with E-state index in [1.54, 1.807) is 0 Å². The molecule has 0 aliphatic carbocycles. The quantitative estimate of drug-likeness (QED) is 0.131. The molecule has 0 atom stereocenters. The summed E-state index contributed by atoms with van der Waals surface area (Å²) in [5.74, 6) is -33.4. The minimum Gasteiger partial charge on any atom is -0.378 e. The van der Waals surface area contributed by atoms with Gasteiger partial charge in [-0.2, -0.15) is 95.9 Å². The third-order valence-electron chi connectivity index (χ3n) is 6.40. The van der Waals surface area contributed by atoms with Crippen LogP contribution < -0.4 is 8.37 Å². The van der Waals surface area contributed by atoms with Crippen LogP contribution in [0, 0.1) is 13.8 Å². The average Bonchev–Trinajstić information content (AvgIpc) is 2.98. The second kappa shape index (κ2) is 13.2. The van der Waals surface area contributed by atoms with Crippen molar-refractivity contribution in [1.29, 1.82) is 0 Å². The van der Waals surface area contributed by atoms with E-state index in [1.165, 1.54) is 0 Å². The number of hydrogen-bond donors (Lipinski definition) is 0. The number of aromatic nitrogens is 3. The summed E-state index contributed by atoms with van der Waals surface area (Å²) < 4.78 is 295. The molecular weight excluding hydrogens is 844 g/mol. The first-order chi connectivity index (χ1) is 23.9. The van der Waals surface area contributed by atoms with Gasteiger partial charge in [0, 0.05) is 35.7 Å². The highest BCUT2D eigenvalue weighted by Crippen LogP contribution is 2.56. The smallest absolute Gasteiger partial charge is 0.378 e. The molecule has 0 aliphatic rings. The monoisotopic (exact) mass is 857 g/mol. The molecule has 3 rings (SSSR count). The van der Waals surface area contributed by atoms with Crippen molar-refractivity contribution < 1.29 is 104 Å². The number of nitrogens with zero attached hydrogens (tertiary/aromatic N) is 3. The van der Waals surface area contributed by atoms with Crippen molar-refractivity contribution >= 4 is 20.2 Å². The number of rotatable bonds is 12. The van der Waals surface area contributed by atoms with Crippen molar-refractivity contribution in [2.75, 3.05) is 0 Å². The summed E-state index contributed by atoms with van der Waals surface area (Å²) in [6.07, 6.45) is -14.8. The zero-order valence-electron chi connectivity index (χ0n) is 25.5. The highest BCUT2D eigenvalue weighted by atomic mass is 32.2. The summed E-state index contributed by atoms with van der Waals surface area (Å²) in [5.41, 5.74) is -3.45. The fourth-order valence-electron chi connectivity index (χ4n) is 3.75. The first-order valence-corrected chi connectivity index (χ1v) is 15.9. The third-order valence-corrected chi connectivity index (χ3v) is 8.99. The van der Waals surface area contributed by atoms with Crippen LogP contribution in [0.15, 0.2) is 42.5 Å². The summed E-state index contributed by atoms with van der Waals surface area (Å²) in [6.45, 7) is 1.88. The maximum absolute atomic E-state index is 14.2. The molecule has 0 radical (unpaired) electrons. The van der Waals surface area contributed by atoms with E-state index in [2.05, 4.69) is 23.3 Å². The molecule has 0 saturated carbocycles. The molecule has 0 spiro atoms. The van der Waals surface area contributed by atoms with Gasteiger partial charge in [-0.05, 0) is 26.0 Å². The van der Waals surface area contributed by atoms with E-state index in [0.717, 1.165) is 32.0 Å². The SMILES string of the molecule is Cc1cc(OS(=O)(=O)C(F)(F)C(F)(F)C(F)(F)C(F)(F)F)cc(-c2cccc(-c3cc(OS(=O)(=O)C(F)(F)C(F)(F)C(F)(F)C(F)(F)F)cc(C)n3)n2)n1. The van der Waals surface area contributed by atoms with Crippen molar-refractivity contribution in [2.24, 2.45) is 0 Å². The molecular formula is C25H13F18N3O6S2. The van der Waals surface area contributed by atoms with Gasteiger partial charge in [-0.1, -0.05) is 6.07 Å². The lowest BCUT2D eigenvalue weighted by molar-refractivity contribution is -0.382. The summed E-state index contributed by atoms with van der Waals surface area (Å²) >= 11 is 0. The molecule has 3 aromatic heterocycles. The van der Waals surface area contributed by atoms with Crippen LogP contribution in [0.2, 0.25) is 0 Å². The van der Waals surface area contributed by atoms with Crippen LogP contribution in [0.4, 0.5) is 79.0 Å². The number of alkyl halides is 18. The van der Waals surface area contributed by atoms with Gasteiger partial charge in [-0.3, -0.25) is 9.97 Å². The maximum atomic E-state index is 14.2. The Morgan fingerprint density at radius 3 is 1.02 bits per heavy atom. The predicted molar refractivity (Wildman–Crippen MR) is 141 cm³/mol. The topological polar surface area (TPSA) is 125 Å². The Morgan fingerprint density at radius 1 is 0.444 bits per heavy atom. The molecule has 0 aromatic carbocycles. The third kappa shape index (κ3) is 7.26. The molecule has 0 unspecified atom stereocenters. The summed E-state index contributed by atoms with van der Waals surface area (Å²) in [5, 5.41) is -14.5. The van der Waals surface area contributed by atoms with Crippen LogP contribution in [0.1, 0.15) is 11.4 Å². The lowest BCUT2D eigenvalue weighted by Crippen LogP contribution is -2.63. The van der Waals surface area contributed by atoms with E-state index in [9.17, 15) is 95.9 Å². The highest BCUT2D eigenvalue weighted by Gasteiger charge is 2.87. The van der Waals surface area contributed by atoms with Gasteiger partial charge in [0.25, 0.3) is 0 Å². The van der Waals surface area contributed by atoms with Gasteiger partial charge in [-0.15, -0.1) is 0 Å². The van der Waals surface area contributed by atoms with Crippen molar-refractivity contribution in [3.8, 4) is 34.3 Å². The maximum Gasteiger partial charge on any atom is 0.460 e. The van der Waals surface area contributed by atoms with Crippen LogP contribution >= 0.6 is 0 Å². The molecule has 54 heavy (non-hydrogen) atoms. The Morgan fingerprint density at radius 2 is 0.741 bits per heavy atom. The highest BCUT2D eigenvalue weighted by molar-refractivity contribution is 7.88. The normalized spacial score (nSPS) is 14.6. The molecule has 0 amide bonds. The molecule has 302 valence electrons. The molecule has 0 fully saturated rings. The fourth-order valence-corrected chi connectivity index (χ4v) is 5.54. The van der Waals surface area contributed by atoms with Gasteiger partial charge in [0.15, 0.2) is 0 Å². The molecule has 0 aliphatic heterocycles. The van der Waals surface area contributed by atoms with E-state index < -0.39 is 112 Å². The van der Waals surface area contributed by atoms with Crippen LogP contribution in [0.25, 0.3) is 22.8 Å². The summed E-state index contributed by atoms with van der Waals surface area (Å²) in [6, 6.07) is 4.18. The van der Waals surface area contributed by atoms with Crippen LogP contribution in [-0.4, -0.2) is 78.3 Å². The average molecular weight is 857 g/mol. The number of hydrogen-bond acceptors (Lipinski definition) is 9. The molecule has 9 nitrogen and oxygen atoms in total. The van der Waals surface area contributed by atoms with Crippen molar-refractivity contribution in [2.45, 2.75) is 60.4 Å².